The Morgan fingerprint density at radius 3 is 0.971 bits per heavy atom. The predicted molar refractivity (Wildman–Crippen MR) is 103 cm³/mol. The van der Waals surface area contributed by atoms with Crippen LogP contribution in [-0.4, -0.2) is 0 Å². The van der Waals surface area contributed by atoms with Crippen LogP contribution in [-0.2, 0) is 13.1 Å². The number of aromatic nitrogens is 2. The molecule has 4 aromatic rings. The molecule has 2 nitrogen and oxygen atoms in total. The SMILES string of the molecule is Fc1cc(F)c(F)c(C[n+]2ccc(-c3cc[n+](Cc4c(F)c(F)cc(F)c4F)cc3)cc2)c1F. The summed E-state index contributed by atoms with van der Waals surface area (Å²) in [7, 11) is 0. The Morgan fingerprint density at radius 1 is 0.441 bits per heavy atom. The van der Waals surface area contributed by atoms with Gasteiger partial charge in [-0.1, -0.05) is 0 Å². The fourth-order valence-electron chi connectivity index (χ4n) is 3.40. The molecule has 0 saturated carbocycles. The van der Waals surface area contributed by atoms with Crippen molar-refractivity contribution in [1.29, 1.82) is 0 Å². The summed E-state index contributed by atoms with van der Waals surface area (Å²) in [6.45, 7) is -0.911. The number of rotatable bonds is 5. The smallest absolute Gasteiger partial charge is 0.179 e. The van der Waals surface area contributed by atoms with Crippen molar-refractivity contribution in [2.24, 2.45) is 0 Å². The minimum Gasteiger partial charge on any atom is -0.204 e. The van der Waals surface area contributed by atoms with Crippen LogP contribution in [0.2, 0.25) is 0 Å². The lowest BCUT2D eigenvalue weighted by molar-refractivity contribution is -0.689. The summed E-state index contributed by atoms with van der Waals surface area (Å²) in [5.41, 5.74) is -0.235. The van der Waals surface area contributed by atoms with E-state index in [-0.39, 0.29) is 12.1 Å². The van der Waals surface area contributed by atoms with Crippen molar-refractivity contribution >= 4 is 0 Å². The molecule has 0 aliphatic heterocycles. The Kier molecular flexibility index (Phi) is 6.32. The normalized spacial score (nSPS) is 11.2. The molecule has 2 heterocycles. The quantitative estimate of drug-likeness (QED) is 0.212. The van der Waals surface area contributed by atoms with Crippen LogP contribution >= 0.6 is 0 Å². The Bertz CT molecular complexity index is 1210. The van der Waals surface area contributed by atoms with Gasteiger partial charge in [-0.25, -0.2) is 44.3 Å². The monoisotopic (exact) mass is 482 g/mol. The van der Waals surface area contributed by atoms with Gasteiger partial charge in [-0.3, -0.25) is 0 Å². The van der Waals surface area contributed by atoms with Gasteiger partial charge in [0.25, 0.3) is 0 Å². The van der Waals surface area contributed by atoms with Crippen LogP contribution in [0, 0.1) is 46.5 Å². The summed E-state index contributed by atoms with van der Waals surface area (Å²) in [4.78, 5) is 0. The standard InChI is InChI=1S/C24H14F8N2/c25-17-9-18(26)22(30)15(21(17)29)11-33-5-1-13(2-6-33)14-3-7-34(8-4-14)12-16-23(31)19(27)10-20(28)24(16)32/h1-10H,11-12H2/q+2. The number of hydrogen-bond acceptors (Lipinski definition) is 0. The van der Waals surface area contributed by atoms with Gasteiger partial charge in [0, 0.05) is 36.4 Å². The molecular weight excluding hydrogens is 468 g/mol. The highest BCUT2D eigenvalue weighted by Crippen LogP contribution is 2.21. The molecular formula is C24H14F8N2+2. The third-order valence-corrected chi connectivity index (χ3v) is 5.20. The largest absolute Gasteiger partial charge is 0.204 e. The van der Waals surface area contributed by atoms with Crippen molar-refractivity contribution in [3.8, 4) is 11.1 Å². The summed E-state index contributed by atoms with van der Waals surface area (Å²) in [5, 5.41) is 0. The number of hydrogen-bond donors (Lipinski definition) is 0. The highest BCUT2D eigenvalue weighted by atomic mass is 19.2. The zero-order valence-corrected chi connectivity index (χ0v) is 17.1. The molecule has 0 aliphatic carbocycles. The zero-order chi connectivity index (χ0) is 24.6. The summed E-state index contributed by atoms with van der Waals surface area (Å²) in [6.07, 6.45) is 5.77. The van der Waals surface area contributed by atoms with Crippen LogP contribution < -0.4 is 9.13 Å². The third-order valence-electron chi connectivity index (χ3n) is 5.20. The van der Waals surface area contributed by atoms with Crippen LogP contribution in [0.15, 0.2) is 61.2 Å². The van der Waals surface area contributed by atoms with Crippen LogP contribution in [0.1, 0.15) is 11.1 Å². The first-order valence-electron chi connectivity index (χ1n) is 9.78. The van der Waals surface area contributed by atoms with Gasteiger partial charge in [-0.05, 0) is 11.1 Å². The first kappa shape index (κ1) is 23.3. The molecule has 0 radical (unpaired) electrons. The van der Waals surface area contributed by atoms with Gasteiger partial charge < -0.3 is 0 Å². The van der Waals surface area contributed by atoms with E-state index in [1.54, 1.807) is 24.3 Å². The number of halogens is 8. The topological polar surface area (TPSA) is 7.76 Å². The summed E-state index contributed by atoms with van der Waals surface area (Å²) in [6, 6.07) is 6.58. The fraction of sp³-hybridized carbons (Fsp3) is 0.0833. The minimum absolute atomic E-state index is 0.136. The van der Waals surface area contributed by atoms with E-state index in [4.69, 9.17) is 0 Å². The maximum Gasteiger partial charge on any atom is 0.179 e. The molecule has 0 amide bonds. The average Bonchev–Trinajstić information content (AvgIpc) is 2.83. The number of nitrogens with zero attached hydrogens (tertiary/aromatic N) is 2. The van der Waals surface area contributed by atoms with Crippen LogP contribution in [0.25, 0.3) is 11.1 Å². The molecule has 0 atom stereocenters. The van der Waals surface area contributed by atoms with E-state index in [1.165, 1.54) is 33.9 Å². The van der Waals surface area contributed by atoms with Gasteiger partial charge in [0.2, 0.25) is 0 Å². The maximum absolute atomic E-state index is 13.9. The van der Waals surface area contributed by atoms with Gasteiger partial charge in [0.15, 0.2) is 84.4 Å². The van der Waals surface area contributed by atoms with Gasteiger partial charge in [0.1, 0.15) is 0 Å². The van der Waals surface area contributed by atoms with Gasteiger partial charge in [-0.15, -0.1) is 0 Å². The van der Waals surface area contributed by atoms with Crippen LogP contribution in [0.5, 0.6) is 0 Å². The molecule has 0 aliphatic rings. The Labute approximate surface area is 188 Å². The van der Waals surface area contributed by atoms with Crippen LogP contribution in [0.3, 0.4) is 0 Å². The predicted octanol–water partition coefficient (Wildman–Crippen LogP) is 5.14. The van der Waals surface area contributed by atoms with Gasteiger partial charge in [0.05, 0.1) is 11.1 Å². The lowest BCUT2D eigenvalue weighted by atomic mass is 10.1. The zero-order valence-electron chi connectivity index (χ0n) is 17.1. The molecule has 0 saturated heterocycles. The van der Waals surface area contributed by atoms with Gasteiger partial charge >= 0.3 is 0 Å². The van der Waals surface area contributed by atoms with E-state index in [0.717, 1.165) is 0 Å². The van der Waals surface area contributed by atoms with Gasteiger partial charge in [-0.2, -0.15) is 0 Å². The molecule has 4 rings (SSSR count). The average molecular weight is 482 g/mol. The Hall–Kier alpha value is -3.82. The Morgan fingerprint density at radius 2 is 0.706 bits per heavy atom. The van der Waals surface area contributed by atoms with E-state index in [0.29, 0.717) is 11.1 Å². The van der Waals surface area contributed by atoms with E-state index >= 15 is 0 Å². The molecule has 10 heteroatoms. The van der Waals surface area contributed by atoms with Crippen molar-refractivity contribution in [2.75, 3.05) is 0 Å². The molecule has 0 fully saturated rings. The molecule has 2 aromatic heterocycles. The first-order chi connectivity index (χ1) is 16.2. The summed E-state index contributed by atoms with van der Waals surface area (Å²) >= 11 is 0. The van der Waals surface area contributed by atoms with Crippen LogP contribution in [0.4, 0.5) is 35.1 Å². The molecule has 34 heavy (non-hydrogen) atoms. The molecule has 0 unspecified atom stereocenters. The highest BCUT2D eigenvalue weighted by molar-refractivity contribution is 5.60. The molecule has 0 N–H and O–H groups in total. The number of benzene rings is 2. The lowest BCUT2D eigenvalue weighted by Crippen LogP contribution is -2.35. The van der Waals surface area contributed by atoms with Crippen molar-refractivity contribution in [2.45, 2.75) is 13.1 Å². The van der Waals surface area contributed by atoms with Crippen molar-refractivity contribution in [1.82, 2.24) is 0 Å². The van der Waals surface area contributed by atoms with Crippen molar-refractivity contribution in [3.05, 3.63) is 119 Å². The highest BCUT2D eigenvalue weighted by Gasteiger charge is 2.23. The van der Waals surface area contributed by atoms with E-state index in [9.17, 15) is 35.1 Å². The first-order valence-corrected chi connectivity index (χ1v) is 9.78. The lowest BCUT2D eigenvalue weighted by Gasteiger charge is -2.06. The molecule has 174 valence electrons. The Balaban J connectivity index is 1.53. The second kappa shape index (κ2) is 9.20. The molecule has 2 aromatic carbocycles. The summed E-state index contributed by atoms with van der Waals surface area (Å²) in [5.74, 6) is -11.9. The van der Waals surface area contributed by atoms with E-state index < -0.39 is 70.8 Å². The minimum atomic E-state index is -1.50. The second-order valence-electron chi connectivity index (χ2n) is 7.41. The van der Waals surface area contributed by atoms with E-state index in [1.807, 2.05) is 0 Å². The number of pyridine rings is 2. The van der Waals surface area contributed by atoms with Crippen molar-refractivity contribution < 1.29 is 44.3 Å². The fourth-order valence-corrected chi connectivity index (χ4v) is 3.40. The molecule has 0 spiro atoms. The van der Waals surface area contributed by atoms with E-state index in [2.05, 4.69) is 0 Å². The summed E-state index contributed by atoms with van der Waals surface area (Å²) < 4.78 is 112. The van der Waals surface area contributed by atoms with Crippen molar-refractivity contribution in [3.63, 3.8) is 0 Å². The molecule has 0 bridgehead atoms. The maximum atomic E-state index is 13.9. The third kappa shape index (κ3) is 4.48. The second-order valence-corrected chi connectivity index (χ2v) is 7.41.